The number of nitrogens with one attached hydrogen (secondary N) is 1. The Labute approximate surface area is 153 Å². The van der Waals surface area contributed by atoms with Gasteiger partial charge >= 0.3 is 5.97 Å². The molecular formula is C15H20N4O4S2. The summed E-state index contributed by atoms with van der Waals surface area (Å²) < 4.78 is 4.75. The number of hydrogen-bond acceptors (Lipinski definition) is 9. The summed E-state index contributed by atoms with van der Waals surface area (Å²) in [6.07, 6.45) is 1.86. The van der Waals surface area contributed by atoms with Gasteiger partial charge < -0.3 is 15.5 Å². The third kappa shape index (κ3) is 9.01. The average Bonchev–Trinajstić information content (AvgIpc) is 2.90. The molecule has 2 heterocycles. The quantitative estimate of drug-likeness (QED) is 0.436. The Hall–Kier alpha value is -2.20. The number of thioether (sulfide) groups is 1. The Kier molecular flexibility index (Phi) is 8.86. The highest BCUT2D eigenvalue weighted by atomic mass is 32.2. The molecule has 25 heavy (non-hydrogen) atoms. The number of carbonyl (C=O) groups is 2. The number of aromatic amines is 1. The fourth-order valence-electron chi connectivity index (χ4n) is 1.55. The Morgan fingerprint density at radius 2 is 2.16 bits per heavy atom. The minimum Gasteiger partial charge on any atom is -0.466 e. The zero-order valence-corrected chi connectivity index (χ0v) is 15.8. The van der Waals surface area contributed by atoms with Gasteiger partial charge in [0.05, 0.1) is 18.8 Å². The van der Waals surface area contributed by atoms with Crippen molar-refractivity contribution in [2.45, 2.75) is 32.3 Å². The average molecular weight is 384 g/mol. The molecular weight excluding hydrogens is 364 g/mol. The number of nitrogen functional groups attached to an aromatic ring is 1. The number of thiazole rings is 1. The van der Waals surface area contributed by atoms with Crippen molar-refractivity contribution in [3.8, 4) is 0 Å². The molecule has 10 heteroatoms. The van der Waals surface area contributed by atoms with Crippen LogP contribution in [0.2, 0.25) is 0 Å². The Balaban J connectivity index is 0.000000251. The molecule has 2 aromatic heterocycles. The van der Waals surface area contributed by atoms with Crippen LogP contribution in [-0.2, 0) is 20.7 Å². The van der Waals surface area contributed by atoms with Crippen molar-refractivity contribution >= 4 is 40.0 Å². The second-order valence-corrected chi connectivity index (χ2v) is 6.94. The van der Waals surface area contributed by atoms with E-state index in [1.807, 2.05) is 0 Å². The highest BCUT2D eigenvalue weighted by molar-refractivity contribution is 7.99. The van der Waals surface area contributed by atoms with Crippen LogP contribution in [0.4, 0.5) is 5.13 Å². The Morgan fingerprint density at radius 1 is 1.44 bits per heavy atom. The van der Waals surface area contributed by atoms with Gasteiger partial charge in [-0.1, -0.05) is 11.8 Å². The van der Waals surface area contributed by atoms with Crippen LogP contribution in [-0.4, -0.2) is 39.1 Å². The number of carbonyl (C=O) groups excluding carboxylic acids is 2. The van der Waals surface area contributed by atoms with Gasteiger partial charge in [0, 0.05) is 22.8 Å². The summed E-state index contributed by atoms with van der Waals surface area (Å²) in [6, 6.07) is 1.41. The second-order valence-electron chi connectivity index (χ2n) is 4.83. The molecule has 2 aromatic rings. The first kappa shape index (κ1) is 20.8. The van der Waals surface area contributed by atoms with Crippen LogP contribution in [0.15, 0.2) is 22.2 Å². The van der Waals surface area contributed by atoms with Crippen molar-refractivity contribution in [2.75, 3.05) is 18.1 Å². The molecule has 0 aliphatic heterocycles. The predicted octanol–water partition coefficient (Wildman–Crippen LogP) is 1.59. The van der Waals surface area contributed by atoms with Gasteiger partial charge in [0.2, 0.25) is 0 Å². The number of anilines is 1. The summed E-state index contributed by atoms with van der Waals surface area (Å²) in [4.78, 5) is 43.8. The van der Waals surface area contributed by atoms with Gasteiger partial charge in [-0.3, -0.25) is 14.4 Å². The lowest BCUT2D eigenvalue weighted by atomic mass is 10.4. The molecule has 8 nitrogen and oxygen atoms in total. The number of hydrogen-bond donors (Lipinski definition) is 2. The molecule has 0 aliphatic carbocycles. The standard InChI is InChI=1S/C8H10N2O2S.C7H10N2O2S/c1-5-3-7(12)10-8(9-5)13-4-6(2)11;1-2-11-6(10)3-5-4-9-7(8)12-5/h3H,4H2,1-2H3,(H,9,10,12);4H,2-3H2,1H3,(H2,8,9). The van der Waals surface area contributed by atoms with E-state index in [-0.39, 0.29) is 23.7 Å². The first-order valence-electron chi connectivity index (χ1n) is 7.36. The highest BCUT2D eigenvalue weighted by Crippen LogP contribution is 2.15. The number of aryl methyl sites for hydroxylation is 1. The summed E-state index contributed by atoms with van der Waals surface area (Å²) in [6.45, 7) is 5.43. The number of rotatable bonds is 6. The Bertz CT molecular complexity index is 773. The SMILES string of the molecule is CC(=O)CSc1nc(C)cc(=O)[nH]1.CCOC(=O)Cc1cnc(N)s1. The predicted molar refractivity (Wildman–Crippen MR) is 97.9 cm³/mol. The van der Waals surface area contributed by atoms with Crippen LogP contribution in [0, 0.1) is 6.92 Å². The first-order chi connectivity index (χ1) is 11.8. The minimum absolute atomic E-state index is 0.0640. The largest absolute Gasteiger partial charge is 0.466 e. The van der Waals surface area contributed by atoms with E-state index in [9.17, 15) is 14.4 Å². The third-order valence-electron chi connectivity index (χ3n) is 2.46. The molecule has 0 amide bonds. The van der Waals surface area contributed by atoms with Gasteiger partial charge in [-0.15, -0.1) is 11.3 Å². The van der Waals surface area contributed by atoms with E-state index in [1.165, 1.54) is 36.1 Å². The second kappa shape index (κ2) is 10.6. The number of esters is 1. The van der Waals surface area contributed by atoms with Gasteiger partial charge in [0.1, 0.15) is 5.78 Å². The molecule has 0 saturated carbocycles. The lowest BCUT2D eigenvalue weighted by Crippen LogP contribution is -2.08. The van der Waals surface area contributed by atoms with Crippen LogP contribution in [0.3, 0.4) is 0 Å². The van der Waals surface area contributed by atoms with Crippen LogP contribution in [0.1, 0.15) is 24.4 Å². The summed E-state index contributed by atoms with van der Waals surface area (Å²) >= 11 is 2.55. The van der Waals surface area contributed by atoms with Gasteiger partial charge in [-0.05, 0) is 20.8 Å². The monoisotopic (exact) mass is 384 g/mol. The van der Waals surface area contributed by atoms with Crippen LogP contribution in [0.5, 0.6) is 0 Å². The summed E-state index contributed by atoms with van der Waals surface area (Å²) in [7, 11) is 0. The topological polar surface area (TPSA) is 128 Å². The molecule has 0 aromatic carbocycles. The summed E-state index contributed by atoms with van der Waals surface area (Å²) in [5.41, 5.74) is 5.86. The lowest BCUT2D eigenvalue weighted by molar-refractivity contribution is -0.142. The fourth-order valence-corrected chi connectivity index (χ4v) is 2.94. The van der Waals surface area contributed by atoms with E-state index in [0.29, 0.717) is 28.3 Å². The number of ketones is 1. The summed E-state index contributed by atoms with van der Waals surface area (Å²) in [5, 5.41) is 0.981. The van der Waals surface area contributed by atoms with E-state index in [2.05, 4.69) is 15.0 Å². The smallest absolute Gasteiger partial charge is 0.311 e. The zero-order chi connectivity index (χ0) is 18.8. The van der Waals surface area contributed by atoms with Gasteiger partial charge in [0.15, 0.2) is 10.3 Å². The molecule has 0 fully saturated rings. The maximum atomic E-state index is 11.0. The lowest BCUT2D eigenvalue weighted by Gasteiger charge is -1.98. The van der Waals surface area contributed by atoms with Crippen molar-refractivity contribution < 1.29 is 14.3 Å². The van der Waals surface area contributed by atoms with Crippen molar-refractivity contribution in [1.29, 1.82) is 0 Å². The maximum Gasteiger partial charge on any atom is 0.311 e. The zero-order valence-electron chi connectivity index (χ0n) is 14.2. The van der Waals surface area contributed by atoms with Crippen molar-refractivity contribution in [1.82, 2.24) is 15.0 Å². The van der Waals surface area contributed by atoms with Crippen LogP contribution in [0.25, 0.3) is 0 Å². The first-order valence-corrected chi connectivity index (χ1v) is 9.16. The van der Waals surface area contributed by atoms with E-state index in [4.69, 9.17) is 10.5 Å². The van der Waals surface area contributed by atoms with E-state index < -0.39 is 0 Å². The molecule has 136 valence electrons. The molecule has 0 atom stereocenters. The molecule has 0 saturated heterocycles. The van der Waals surface area contributed by atoms with Crippen molar-refractivity contribution in [3.63, 3.8) is 0 Å². The van der Waals surface area contributed by atoms with Crippen molar-refractivity contribution in [2.24, 2.45) is 0 Å². The number of ether oxygens (including phenoxy) is 1. The normalized spacial score (nSPS) is 9.88. The molecule has 0 aliphatic rings. The molecule has 2 rings (SSSR count). The molecule has 3 N–H and O–H groups in total. The minimum atomic E-state index is -0.235. The van der Waals surface area contributed by atoms with Gasteiger partial charge in [-0.2, -0.15) is 0 Å². The number of H-pyrrole nitrogens is 1. The van der Waals surface area contributed by atoms with E-state index in [1.54, 1.807) is 20.0 Å². The molecule has 0 bridgehead atoms. The number of nitrogens with zero attached hydrogens (tertiary/aromatic N) is 2. The van der Waals surface area contributed by atoms with E-state index in [0.717, 1.165) is 4.88 Å². The van der Waals surface area contributed by atoms with Gasteiger partial charge in [0.25, 0.3) is 5.56 Å². The summed E-state index contributed by atoms with van der Waals surface area (Å²) in [5.74, 6) is 0.169. The van der Waals surface area contributed by atoms with Crippen LogP contribution >= 0.6 is 23.1 Å². The number of nitrogens with two attached hydrogens (primary N) is 1. The third-order valence-corrected chi connectivity index (χ3v) is 4.30. The maximum absolute atomic E-state index is 11.0. The van der Waals surface area contributed by atoms with E-state index >= 15 is 0 Å². The van der Waals surface area contributed by atoms with Crippen molar-refractivity contribution in [3.05, 3.63) is 33.2 Å². The van der Waals surface area contributed by atoms with Crippen LogP contribution < -0.4 is 11.3 Å². The molecule has 0 spiro atoms. The highest BCUT2D eigenvalue weighted by Gasteiger charge is 2.06. The number of aromatic nitrogens is 3. The molecule has 0 unspecified atom stereocenters. The Morgan fingerprint density at radius 3 is 2.68 bits per heavy atom. The van der Waals surface area contributed by atoms with Gasteiger partial charge in [-0.25, -0.2) is 9.97 Å². The fraction of sp³-hybridized carbons (Fsp3) is 0.400. The number of Topliss-reactive ketones (excluding diaryl/α,β-unsaturated/α-hetero) is 1. The molecule has 0 radical (unpaired) electrons.